The van der Waals surface area contributed by atoms with Gasteiger partial charge < -0.3 is 4.52 Å². The molecule has 0 amide bonds. The van der Waals surface area contributed by atoms with E-state index in [2.05, 4.69) is 29.0 Å². The van der Waals surface area contributed by atoms with Gasteiger partial charge in [0.1, 0.15) is 5.82 Å². The van der Waals surface area contributed by atoms with Gasteiger partial charge in [-0.1, -0.05) is 23.4 Å². The molecule has 3 rings (SSSR count). The first-order valence-corrected chi connectivity index (χ1v) is 9.40. The first-order valence-electron chi connectivity index (χ1n) is 7.31. The van der Waals surface area contributed by atoms with Crippen molar-refractivity contribution in [1.82, 2.24) is 20.1 Å². The van der Waals surface area contributed by atoms with Crippen LogP contribution in [-0.4, -0.2) is 30.6 Å². The summed E-state index contributed by atoms with van der Waals surface area (Å²) in [5, 5.41) is 3.21. The van der Waals surface area contributed by atoms with Gasteiger partial charge in [0.2, 0.25) is 5.82 Å². The van der Waals surface area contributed by atoms with Gasteiger partial charge in [0.15, 0.2) is 0 Å². The van der Waals surface area contributed by atoms with Crippen LogP contribution < -0.4 is 0 Å². The van der Waals surface area contributed by atoms with E-state index in [1.165, 1.54) is 24.5 Å². The van der Waals surface area contributed by atoms with E-state index in [1.807, 2.05) is 0 Å². The van der Waals surface area contributed by atoms with Crippen LogP contribution in [0.25, 0.3) is 11.4 Å². The molecule has 0 bridgehead atoms. The molecule has 0 aliphatic rings. The number of halogens is 4. The van der Waals surface area contributed by atoms with E-state index in [4.69, 9.17) is 0 Å². The van der Waals surface area contributed by atoms with Crippen molar-refractivity contribution < 1.29 is 26.3 Å². The number of hydrogen-bond acceptors (Lipinski definition) is 7. The Morgan fingerprint density at radius 1 is 1.19 bits per heavy atom. The molecule has 7 nitrogen and oxygen atoms in total. The molecule has 0 saturated heterocycles. The van der Waals surface area contributed by atoms with Crippen LogP contribution in [0.2, 0.25) is 0 Å². The SMILES string of the molecule is CS(=O)(Cc1ccccc1F)=Nc1ncc(-c2noc(C(F)(F)F)n2)cn1. The fourth-order valence-electron chi connectivity index (χ4n) is 2.05. The molecule has 2 heterocycles. The molecule has 3 aromatic rings. The van der Waals surface area contributed by atoms with Gasteiger partial charge in [0, 0.05) is 24.2 Å². The summed E-state index contributed by atoms with van der Waals surface area (Å²) in [6, 6.07) is 5.86. The lowest BCUT2D eigenvalue weighted by Crippen LogP contribution is -2.05. The molecule has 0 radical (unpaired) electrons. The van der Waals surface area contributed by atoms with Gasteiger partial charge in [-0.2, -0.15) is 22.5 Å². The summed E-state index contributed by atoms with van der Waals surface area (Å²) in [6.07, 6.45) is -1.20. The predicted octanol–water partition coefficient (Wildman–Crippen LogP) is 3.61. The summed E-state index contributed by atoms with van der Waals surface area (Å²) in [6.45, 7) is 0. The lowest BCUT2D eigenvalue weighted by molar-refractivity contribution is -0.159. The third-order valence-corrected chi connectivity index (χ3v) is 4.62. The second-order valence-corrected chi connectivity index (χ2v) is 7.87. The van der Waals surface area contributed by atoms with Crippen molar-refractivity contribution >= 4 is 15.7 Å². The van der Waals surface area contributed by atoms with E-state index in [0.29, 0.717) is 0 Å². The zero-order chi connectivity index (χ0) is 19.7. The summed E-state index contributed by atoms with van der Waals surface area (Å²) in [7, 11) is -2.89. The van der Waals surface area contributed by atoms with Crippen molar-refractivity contribution in [3.8, 4) is 11.4 Å². The van der Waals surface area contributed by atoms with Crippen molar-refractivity contribution in [3.05, 3.63) is 53.9 Å². The third-order valence-electron chi connectivity index (χ3n) is 3.22. The minimum Gasteiger partial charge on any atom is -0.329 e. The summed E-state index contributed by atoms with van der Waals surface area (Å²) in [5.41, 5.74) is 0.293. The summed E-state index contributed by atoms with van der Waals surface area (Å²) in [5.74, 6) is -2.66. The Balaban J connectivity index is 1.82. The average molecular weight is 401 g/mol. The van der Waals surface area contributed by atoms with Gasteiger partial charge >= 0.3 is 12.1 Å². The molecule has 27 heavy (non-hydrogen) atoms. The zero-order valence-electron chi connectivity index (χ0n) is 13.6. The molecule has 2 aromatic heterocycles. The molecule has 0 N–H and O–H groups in total. The van der Waals surface area contributed by atoms with E-state index in [0.717, 1.165) is 12.4 Å². The van der Waals surface area contributed by atoms with E-state index in [9.17, 15) is 21.8 Å². The highest BCUT2D eigenvalue weighted by molar-refractivity contribution is 7.92. The van der Waals surface area contributed by atoms with Crippen LogP contribution >= 0.6 is 0 Å². The quantitative estimate of drug-likeness (QED) is 0.620. The second kappa shape index (κ2) is 7.02. The van der Waals surface area contributed by atoms with Gasteiger partial charge in [0.05, 0.1) is 21.0 Å². The first kappa shape index (κ1) is 18.9. The Morgan fingerprint density at radius 2 is 1.85 bits per heavy atom. The standard InChI is InChI=1S/C15H11F4N5O2S/c1-27(25,8-9-4-2-3-5-11(9)16)24-14-20-6-10(7-21-14)12-22-13(26-23-12)15(17,18)19/h2-7H,8H2,1H3. The fourth-order valence-corrected chi connectivity index (χ4v) is 3.36. The molecule has 0 spiro atoms. The van der Waals surface area contributed by atoms with E-state index in [-0.39, 0.29) is 28.7 Å². The number of rotatable bonds is 4. The lowest BCUT2D eigenvalue weighted by atomic mass is 10.2. The largest absolute Gasteiger partial charge is 0.471 e. The van der Waals surface area contributed by atoms with E-state index in [1.54, 1.807) is 6.07 Å². The van der Waals surface area contributed by atoms with Gasteiger partial charge in [-0.15, -0.1) is 0 Å². The highest BCUT2D eigenvalue weighted by Gasteiger charge is 2.38. The topological polar surface area (TPSA) is 94.1 Å². The molecule has 0 fully saturated rings. The highest BCUT2D eigenvalue weighted by Crippen LogP contribution is 2.29. The van der Waals surface area contributed by atoms with Crippen molar-refractivity contribution in [2.45, 2.75) is 11.9 Å². The van der Waals surface area contributed by atoms with Crippen molar-refractivity contribution in [2.75, 3.05) is 6.26 Å². The van der Waals surface area contributed by atoms with Gasteiger partial charge in [0.25, 0.3) is 5.95 Å². The van der Waals surface area contributed by atoms with Gasteiger partial charge in [-0.25, -0.2) is 18.6 Å². The number of aromatic nitrogens is 4. The molecule has 12 heteroatoms. The minimum absolute atomic E-state index is 0.0601. The van der Waals surface area contributed by atoms with Gasteiger partial charge in [-0.3, -0.25) is 0 Å². The van der Waals surface area contributed by atoms with Crippen LogP contribution in [0.5, 0.6) is 0 Å². The van der Waals surface area contributed by atoms with Crippen LogP contribution in [0.3, 0.4) is 0 Å². The molecule has 0 aliphatic heterocycles. The van der Waals surface area contributed by atoms with Crippen LogP contribution in [0, 0.1) is 5.82 Å². The highest BCUT2D eigenvalue weighted by atomic mass is 32.2. The monoisotopic (exact) mass is 401 g/mol. The van der Waals surface area contributed by atoms with Gasteiger partial charge in [-0.05, 0) is 6.07 Å². The fraction of sp³-hybridized carbons (Fsp3) is 0.200. The Morgan fingerprint density at radius 3 is 2.44 bits per heavy atom. The first-order chi connectivity index (χ1) is 12.6. The summed E-state index contributed by atoms with van der Waals surface area (Å²) in [4.78, 5) is 10.9. The van der Waals surface area contributed by atoms with Crippen LogP contribution in [-0.2, 0) is 21.7 Å². The van der Waals surface area contributed by atoms with Crippen LogP contribution in [0.15, 0.2) is 45.5 Å². The molecule has 1 aromatic carbocycles. The molecule has 1 atom stereocenters. The lowest BCUT2D eigenvalue weighted by Gasteiger charge is -2.05. The second-order valence-electron chi connectivity index (χ2n) is 5.48. The number of benzene rings is 1. The van der Waals surface area contributed by atoms with Crippen molar-refractivity contribution in [1.29, 1.82) is 0 Å². The number of alkyl halides is 3. The summed E-state index contributed by atoms with van der Waals surface area (Å²) < 4.78 is 71.7. The normalized spacial score (nSPS) is 14.0. The molecular formula is C15H11F4N5O2S. The Labute approximate surface area is 150 Å². The maximum Gasteiger partial charge on any atom is 0.471 e. The summed E-state index contributed by atoms with van der Waals surface area (Å²) >= 11 is 0. The minimum atomic E-state index is -4.76. The maximum absolute atomic E-state index is 13.7. The van der Waals surface area contributed by atoms with E-state index < -0.39 is 27.6 Å². The Kier molecular flexibility index (Phi) is 4.91. The number of nitrogens with zero attached hydrogens (tertiary/aromatic N) is 5. The number of hydrogen-bond donors (Lipinski definition) is 0. The maximum atomic E-state index is 13.7. The van der Waals surface area contributed by atoms with Crippen molar-refractivity contribution in [3.63, 3.8) is 0 Å². The molecule has 1 unspecified atom stereocenters. The Bertz CT molecular complexity index is 1070. The average Bonchev–Trinajstić information content (AvgIpc) is 3.07. The van der Waals surface area contributed by atoms with Crippen LogP contribution in [0.4, 0.5) is 23.5 Å². The van der Waals surface area contributed by atoms with Crippen LogP contribution in [0.1, 0.15) is 11.5 Å². The van der Waals surface area contributed by atoms with E-state index >= 15 is 0 Å². The molecule has 0 saturated carbocycles. The smallest absolute Gasteiger partial charge is 0.329 e. The van der Waals surface area contributed by atoms with Crippen molar-refractivity contribution in [2.24, 2.45) is 4.36 Å². The molecule has 0 aliphatic carbocycles. The predicted molar refractivity (Wildman–Crippen MR) is 86.6 cm³/mol. The molecular weight excluding hydrogens is 390 g/mol. The molecule has 142 valence electrons. The zero-order valence-corrected chi connectivity index (χ0v) is 14.5. The Hall–Kier alpha value is -2.89. The third kappa shape index (κ3) is 4.64.